The second kappa shape index (κ2) is 5.70. The Bertz CT molecular complexity index is 357. The molecule has 1 aromatic rings. The highest BCUT2D eigenvalue weighted by Crippen LogP contribution is 2.28. The predicted octanol–water partition coefficient (Wildman–Crippen LogP) is 4.35. The number of aromatic nitrogens is 2. The lowest BCUT2D eigenvalue weighted by atomic mass is 9.96. The van der Waals surface area contributed by atoms with Gasteiger partial charge in [-0.1, -0.05) is 39.0 Å². The van der Waals surface area contributed by atoms with Crippen LogP contribution in [0.2, 0.25) is 0 Å². The van der Waals surface area contributed by atoms with E-state index in [-0.39, 0.29) is 0 Å². The van der Waals surface area contributed by atoms with Gasteiger partial charge in [0.15, 0.2) is 0 Å². The fraction of sp³-hybridized carbons (Fsp3) is 0.800. The highest BCUT2D eigenvalue weighted by atomic mass is 15.3. The molecule has 0 bridgehead atoms. The van der Waals surface area contributed by atoms with Gasteiger partial charge in [-0.15, -0.1) is 0 Å². The summed E-state index contributed by atoms with van der Waals surface area (Å²) in [6, 6.07) is 0.661. The summed E-state index contributed by atoms with van der Waals surface area (Å²) in [6.07, 6.45) is 10.7. The van der Waals surface area contributed by atoms with Crippen molar-refractivity contribution < 1.29 is 0 Å². The lowest BCUT2D eigenvalue weighted by Gasteiger charge is -2.21. The van der Waals surface area contributed by atoms with Gasteiger partial charge in [0.2, 0.25) is 0 Å². The summed E-state index contributed by atoms with van der Waals surface area (Å²) < 4.78 is 2.33. The van der Waals surface area contributed by atoms with Crippen LogP contribution in [-0.2, 0) is 6.42 Å². The molecule has 0 unspecified atom stereocenters. The Balaban J connectivity index is 2.19. The molecule has 0 amide bonds. The molecule has 1 saturated carbocycles. The maximum absolute atomic E-state index is 4.84. The molecule has 96 valence electrons. The Morgan fingerprint density at radius 2 is 1.65 bits per heavy atom. The molecule has 1 aliphatic carbocycles. The molecule has 17 heavy (non-hydrogen) atoms. The minimum absolute atomic E-state index is 0.661. The second-order valence-electron chi connectivity index (χ2n) is 5.45. The third-order valence-corrected chi connectivity index (χ3v) is 4.30. The first-order chi connectivity index (χ1) is 8.24. The van der Waals surface area contributed by atoms with E-state index in [1.807, 2.05) is 0 Å². The lowest BCUT2D eigenvalue weighted by Crippen LogP contribution is -2.14. The van der Waals surface area contributed by atoms with Crippen molar-refractivity contribution in [2.75, 3.05) is 0 Å². The molecule has 0 aliphatic heterocycles. The molecule has 1 aliphatic rings. The molecule has 1 aromatic heterocycles. The Kier molecular flexibility index (Phi) is 4.25. The quantitative estimate of drug-likeness (QED) is 0.744. The average molecular weight is 234 g/mol. The molecular formula is C15H26N2. The zero-order valence-corrected chi connectivity index (χ0v) is 11.6. The fourth-order valence-electron chi connectivity index (χ4n) is 3.03. The predicted molar refractivity (Wildman–Crippen MR) is 72.4 cm³/mol. The van der Waals surface area contributed by atoms with Crippen LogP contribution in [0, 0.1) is 13.8 Å². The van der Waals surface area contributed by atoms with E-state index < -0.39 is 0 Å². The highest BCUT2D eigenvalue weighted by molar-refractivity contribution is 5.24. The van der Waals surface area contributed by atoms with Crippen LogP contribution in [0.25, 0.3) is 0 Å². The number of hydrogen-bond donors (Lipinski definition) is 0. The van der Waals surface area contributed by atoms with Gasteiger partial charge < -0.3 is 0 Å². The highest BCUT2D eigenvalue weighted by Gasteiger charge is 2.18. The summed E-state index contributed by atoms with van der Waals surface area (Å²) in [4.78, 5) is 0. The molecule has 0 N–H and O–H groups in total. The minimum atomic E-state index is 0.661. The summed E-state index contributed by atoms with van der Waals surface area (Å²) in [6.45, 7) is 6.66. The first-order valence-electron chi connectivity index (χ1n) is 7.28. The SMILES string of the molecule is CCc1nn(C2CCCCCCC2)c(C)c1C. The monoisotopic (exact) mass is 234 g/mol. The van der Waals surface area contributed by atoms with Crippen molar-refractivity contribution in [3.8, 4) is 0 Å². The molecule has 0 radical (unpaired) electrons. The topological polar surface area (TPSA) is 17.8 Å². The van der Waals surface area contributed by atoms with Crippen molar-refractivity contribution >= 4 is 0 Å². The minimum Gasteiger partial charge on any atom is -0.266 e. The van der Waals surface area contributed by atoms with Gasteiger partial charge in [0.05, 0.1) is 11.7 Å². The van der Waals surface area contributed by atoms with Gasteiger partial charge >= 0.3 is 0 Å². The fourth-order valence-corrected chi connectivity index (χ4v) is 3.03. The van der Waals surface area contributed by atoms with E-state index in [0.29, 0.717) is 6.04 Å². The molecular weight excluding hydrogens is 208 g/mol. The summed E-state index contributed by atoms with van der Waals surface area (Å²) >= 11 is 0. The Labute approximate surface area is 105 Å². The molecule has 1 heterocycles. The summed E-state index contributed by atoms with van der Waals surface area (Å²) in [7, 11) is 0. The van der Waals surface area contributed by atoms with E-state index in [2.05, 4.69) is 25.5 Å². The van der Waals surface area contributed by atoms with Crippen LogP contribution in [0.5, 0.6) is 0 Å². The van der Waals surface area contributed by atoms with Crippen LogP contribution in [0.15, 0.2) is 0 Å². The smallest absolute Gasteiger partial charge is 0.0653 e. The van der Waals surface area contributed by atoms with Crippen molar-refractivity contribution in [3.05, 3.63) is 17.0 Å². The van der Waals surface area contributed by atoms with Crippen LogP contribution in [0.4, 0.5) is 0 Å². The van der Waals surface area contributed by atoms with Gasteiger partial charge in [0, 0.05) is 5.69 Å². The van der Waals surface area contributed by atoms with E-state index in [1.54, 1.807) is 0 Å². The van der Waals surface area contributed by atoms with Gasteiger partial charge in [0.25, 0.3) is 0 Å². The largest absolute Gasteiger partial charge is 0.266 e. The molecule has 2 nitrogen and oxygen atoms in total. The normalized spacial score (nSPS) is 19.0. The Morgan fingerprint density at radius 1 is 1.06 bits per heavy atom. The molecule has 1 fully saturated rings. The van der Waals surface area contributed by atoms with Crippen molar-refractivity contribution in [3.63, 3.8) is 0 Å². The van der Waals surface area contributed by atoms with Gasteiger partial charge in [-0.25, -0.2) is 0 Å². The van der Waals surface area contributed by atoms with Crippen LogP contribution < -0.4 is 0 Å². The maximum atomic E-state index is 4.84. The zero-order chi connectivity index (χ0) is 12.3. The van der Waals surface area contributed by atoms with Crippen LogP contribution in [0.1, 0.15) is 74.9 Å². The number of hydrogen-bond acceptors (Lipinski definition) is 1. The third kappa shape index (κ3) is 2.72. The average Bonchev–Trinajstić information content (AvgIpc) is 2.56. The maximum Gasteiger partial charge on any atom is 0.0653 e. The molecule has 0 aromatic carbocycles. The number of aryl methyl sites for hydroxylation is 1. The van der Waals surface area contributed by atoms with E-state index in [0.717, 1.165) is 6.42 Å². The van der Waals surface area contributed by atoms with Gasteiger partial charge in [-0.2, -0.15) is 5.10 Å². The molecule has 0 spiro atoms. The summed E-state index contributed by atoms with van der Waals surface area (Å²) in [5.74, 6) is 0. The van der Waals surface area contributed by atoms with Gasteiger partial charge in [-0.05, 0) is 38.7 Å². The number of rotatable bonds is 2. The van der Waals surface area contributed by atoms with E-state index in [1.165, 1.54) is 61.9 Å². The molecule has 0 saturated heterocycles. The number of nitrogens with zero attached hydrogens (tertiary/aromatic N) is 2. The first kappa shape index (κ1) is 12.7. The van der Waals surface area contributed by atoms with E-state index in [9.17, 15) is 0 Å². The molecule has 2 rings (SSSR count). The molecule has 2 heteroatoms. The Hall–Kier alpha value is -0.790. The van der Waals surface area contributed by atoms with Crippen LogP contribution >= 0.6 is 0 Å². The van der Waals surface area contributed by atoms with Crippen molar-refractivity contribution in [2.45, 2.75) is 78.2 Å². The third-order valence-electron chi connectivity index (χ3n) is 4.30. The van der Waals surface area contributed by atoms with Gasteiger partial charge in [-0.3, -0.25) is 4.68 Å². The van der Waals surface area contributed by atoms with E-state index >= 15 is 0 Å². The van der Waals surface area contributed by atoms with E-state index in [4.69, 9.17) is 5.10 Å². The zero-order valence-electron chi connectivity index (χ0n) is 11.6. The standard InChI is InChI=1S/C15H26N2/c1-4-15-12(2)13(3)17(16-15)14-10-8-6-5-7-9-11-14/h14H,4-11H2,1-3H3. The molecule has 0 atom stereocenters. The van der Waals surface area contributed by atoms with Crippen molar-refractivity contribution in [1.29, 1.82) is 0 Å². The van der Waals surface area contributed by atoms with Crippen molar-refractivity contribution in [2.24, 2.45) is 0 Å². The van der Waals surface area contributed by atoms with Crippen LogP contribution in [-0.4, -0.2) is 9.78 Å². The van der Waals surface area contributed by atoms with Gasteiger partial charge in [0.1, 0.15) is 0 Å². The summed E-state index contributed by atoms with van der Waals surface area (Å²) in [5, 5.41) is 4.84. The first-order valence-corrected chi connectivity index (χ1v) is 7.28. The second-order valence-corrected chi connectivity index (χ2v) is 5.45. The lowest BCUT2D eigenvalue weighted by molar-refractivity contribution is 0.341. The summed E-state index contributed by atoms with van der Waals surface area (Å²) in [5.41, 5.74) is 4.10. The Morgan fingerprint density at radius 3 is 2.18 bits per heavy atom. The van der Waals surface area contributed by atoms with Crippen LogP contribution in [0.3, 0.4) is 0 Å². The van der Waals surface area contributed by atoms with Crippen molar-refractivity contribution in [1.82, 2.24) is 9.78 Å².